The maximum Gasteiger partial charge on any atom is 0.238 e. The van der Waals surface area contributed by atoms with Crippen LogP contribution in [0.3, 0.4) is 0 Å². The lowest BCUT2D eigenvalue weighted by Gasteiger charge is -2.21. The average Bonchev–Trinajstić information content (AvgIpc) is 1.79. The smallest absolute Gasteiger partial charge is 0.238 e. The molecule has 0 spiro atoms. The molecule has 2 aliphatic carbocycles. The van der Waals surface area contributed by atoms with Gasteiger partial charge in [-0.3, -0.25) is 4.57 Å². The standard InChI is InChI=1S/C81H56N6/c1-80(2)68-37-33-51(53-35-39-72-62(43-53)64-45-70-61(57-29-17-19-31-67(57)81(70,3)4)46-74(64)86(72)56-27-15-8-16-28-56)41-59(68)60-42-52(34-38-69(60)80)54-36-40-73-63(44-54)66-48-75-65(58-30-18-20-32-71(58)85(75)55-25-13-7-14-26-55)47-76(66)87(73)79-83-77(49-21-9-5-10-22-49)82-78(84-79)50-23-11-6-12-24-50/h5-48H,1-4H3. The first-order valence-electron chi connectivity index (χ1n) is 30.2. The molecule has 0 saturated heterocycles. The topological polar surface area (TPSA) is 53.5 Å². The van der Waals surface area contributed by atoms with Crippen LogP contribution >= 0.6 is 0 Å². The van der Waals surface area contributed by atoms with E-state index >= 15 is 0 Å². The summed E-state index contributed by atoms with van der Waals surface area (Å²) >= 11 is 0. The molecule has 0 unspecified atom stereocenters. The highest BCUT2D eigenvalue weighted by molar-refractivity contribution is 6.20. The summed E-state index contributed by atoms with van der Waals surface area (Å²) < 4.78 is 7.12. The summed E-state index contributed by atoms with van der Waals surface area (Å²) in [4.78, 5) is 15.8. The quantitative estimate of drug-likeness (QED) is 0.160. The van der Waals surface area contributed by atoms with Gasteiger partial charge in [0.15, 0.2) is 11.6 Å². The van der Waals surface area contributed by atoms with Gasteiger partial charge in [0.1, 0.15) is 0 Å². The second kappa shape index (κ2) is 18.3. The second-order valence-electron chi connectivity index (χ2n) is 24.8. The number of para-hydroxylation sites is 3. The molecule has 4 aromatic heterocycles. The van der Waals surface area contributed by atoms with Gasteiger partial charge in [-0.05, 0) is 158 Å². The highest BCUT2D eigenvalue weighted by atomic mass is 15.2. The predicted octanol–water partition coefficient (Wildman–Crippen LogP) is 20.4. The van der Waals surface area contributed by atoms with E-state index in [4.69, 9.17) is 15.0 Å². The Bertz CT molecular complexity index is 5490. The molecule has 410 valence electrons. The zero-order chi connectivity index (χ0) is 57.9. The summed E-state index contributed by atoms with van der Waals surface area (Å²) in [6, 6.07) is 97.9. The van der Waals surface area contributed by atoms with Crippen molar-refractivity contribution in [3.8, 4) is 84.6 Å². The highest BCUT2D eigenvalue weighted by Crippen LogP contribution is 2.54. The average molecular weight is 1110 g/mol. The fourth-order valence-corrected chi connectivity index (χ4v) is 15.0. The third kappa shape index (κ3) is 7.25. The monoisotopic (exact) mass is 1110 g/mol. The van der Waals surface area contributed by atoms with Crippen molar-refractivity contribution in [2.75, 3.05) is 0 Å². The van der Waals surface area contributed by atoms with Crippen molar-refractivity contribution >= 4 is 65.4 Å². The molecular weight excluding hydrogens is 1060 g/mol. The molecule has 6 nitrogen and oxygen atoms in total. The largest absolute Gasteiger partial charge is 0.309 e. The van der Waals surface area contributed by atoms with Crippen LogP contribution in [0.4, 0.5) is 0 Å². The Morgan fingerprint density at radius 3 is 1.22 bits per heavy atom. The highest BCUT2D eigenvalue weighted by Gasteiger charge is 2.38. The van der Waals surface area contributed by atoms with Crippen LogP contribution in [0.15, 0.2) is 267 Å². The van der Waals surface area contributed by atoms with Crippen molar-refractivity contribution in [3.63, 3.8) is 0 Å². The van der Waals surface area contributed by atoms with E-state index in [2.05, 4.69) is 272 Å². The lowest BCUT2D eigenvalue weighted by atomic mass is 9.81. The van der Waals surface area contributed by atoms with Crippen molar-refractivity contribution in [2.45, 2.75) is 38.5 Å². The minimum Gasteiger partial charge on any atom is -0.309 e. The van der Waals surface area contributed by atoms with Gasteiger partial charge in [0.05, 0.1) is 33.1 Å². The minimum absolute atomic E-state index is 0.115. The Morgan fingerprint density at radius 2 is 0.632 bits per heavy atom. The van der Waals surface area contributed by atoms with Crippen LogP contribution in [-0.2, 0) is 10.8 Å². The van der Waals surface area contributed by atoms with Crippen LogP contribution in [-0.4, -0.2) is 28.7 Å². The molecule has 0 N–H and O–H groups in total. The lowest BCUT2D eigenvalue weighted by molar-refractivity contribution is 0.660. The van der Waals surface area contributed by atoms with Crippen LogP contribution in [0.5, 0.6) is 0 Å². The van der Waals surface area contributed by atoms with Gasteiger partial charge in [0.2, 0.25) is 5.95 Å². The number of hydrogen-bond acceptors (Lipinski definition) is 3. The zero-order valence-electron chi connectivity index (χ0n) is 48.6. The Morgan fingerprint density at radius 1 is 0.241 bits per heavy atom. The van der Waals surface area contributed by atoms with Gasteiger partial charge in [-0.25, -0.2) is 4.98 Å². The molecule has 6 heteroatoms. The van der Waals surface area contributed by atoms with Crippen LogP contribution in [0.2, 0.25) is 0 Å². The molecule has 18 rings (SSSR count). The van der Waals surface area contributed by atoms with Gasteiger partial charge in [-0.2, -0.15) is 9.97 Å². The maximum atomic E-state index is 5.35. The van der Waals surface area contributed by atoms with E-state index in [0.717, 1.165) is 71.9 Å². The number of benzene rings is 12. The van der Waals surface area contributed by atoms with Gasteiger partial charge < -0.3 is 9.13 Å². The molecule has 0 radical (unpaired) electrons. The predicted molar refractivity (Wildman–Crippen MR) is 360 cm³/mol. The maximum absolute atomic E-state index is 5.35. The molecule has 0 amide bonds. The van der Waals surface area contributed by atoms with E-state index in [1.54, 1.807) is 0 Å². The van der Waals surface area contributed by atoms with E-state index in [1.807, 2.05) is 36.4 Å². The Balaban J connectivity index is 0.814. The molecule has 0 atom stereocenters. The van der Waals surface area contributed by atoms with Crippen LogP contribution < -0.4 is 0 Å². The van der Waals surface area contributed by atoms with E-state index in [-0.39, 0.29) is 10.8 Å². The van der Waals surface area contributed by atoms with Crippen LogP contribution in [0.25, 0.3) is 150 Å². The summed E-state index contributed by atoms with van der Waals surface area (Å²) in [6.45, 7) is 9.51. The normalized spacial score (nSPS) is 13.7. The molecular formula is C81H56N6. The molecule has 16 aromatic rings. The van der Waals surface area contributed by atoms with Gasteiger partial charge in [0, 0.05) is 65.6 Å². The SMILES string of the molecule is CC1(C)c2ccc(-c3ccc4c(c3)c3cc5c(cc3n4-c3ccccc3)-c3ccccc3C5(C)C)cc2-c2cc(-c3ccc4c(c3)c3cc5c(cc3n4-c3nc(-c4ccccc4)nc(-c4ccccc4)n3)c3ccccc3n5-c3ccccc3)ccc21. The van der Waals surface area contributed by atoms with Gasteiger partial charge >= 0.3 is 0 Å². The summed E-state index contributed by atoms with van der Waals surface area (Å²) in [5.41, 5.74) is 26.0. The van der Waals surface area contributed by atoms with Crippen LogP contribution in [0.1, 0.15) is 49.9 Å². The summed E-state index contributed by atoms with van der Waals surface area (Å²) in [7, 11) is 0. The first-order chi connectivity index (χ1) is 42.6. The molecule has 0 saturated carbocycles. The van der Waals surface area contributed by atoms with E-state index in [1.165, 1.54) is 82.8 Å². The molecule has 0 aliphatic heterocycles. The fourth-order valence-electron chi connectivity index (χ4n) is 15.0. The second-order valence-corrected chi connectivity index (χ2v) is 24.8. The first kappa shape index (κ1) is 49.5. The fraction of sp³-hybridized carbons (Fsp3) is 0.0741. The lowest BCUT2D eigenvalue weighted by Crippen LogP contribution is -2.14. The molecule has 2 aliphatic rings. The summed E-state index contributed by atoms with van der Waals surface area (Å²) in [6.07, 6.45) is 0. The van der Waals surface area contributed by atoms with E-state index < -0.39 is 0 Å². The Kier molecular flexibility index (Phi) is 10.4. The van der Waals surface area contributed by atoms with Crippen LogP contribution in [0, 0.1) is 0 Å². The first-order valence-corrected chi connectivity index (χ1v) is 30.2. The summed E-state index contributed by atoms with van der Waals surface area (Å²) in [5, 5.41) is 7.10. The molecule has 0 fully saturated rings. The van der Waals surface area contributed by atoms with Crippen molar-refractivity contribution < 1.29 is 0 Å². The molecule has 87 heavy (non-hydrogen) atoms. The Labute approximate surface area is 503 Å². The minimum atomic E-state index is -0.193. The number of aromatic nitrogens is 6. The van der Waals surface area contributed by atoms with Crippen molar-refractivity contribution in [1.82, 2.24) is 28.7 Å². The van der Waals surface area contributed by atoms with Crippen molar-refractivity contribution in [1.29, 1.82) is 0 Å². The van der Waals surface area contributed by atoms with Gasteiger partial charge in [-0.1, -0.05) is 204 Å². The molecule has 12 aromatic carbocycles. The summed E-state index contributed by atoms with van der Waals surface area (Å²) in [5.74, 6) is 1.80. The van der Waals surface area contributed by atoms with Crippen molar-refractivity contribution in [2.24, 2.45) is 0 Å². The van der Waals surface area contributed by atoms with E-state index in [0.29, 0.717) is 17.6 Å². The zero-order valence-corrected chi connectivity index (χ0v) is 48.6. The third-order valence-electron chi connectivity index (χ3n) is 19.3. The van der Waals surface area contributed by atoms with Gasteiger partial charge in [-0.15, -0.1) is 0 Å². The Hall–Kier alpha value is -11.0. The molecule has 0 bridgehead atoms. The van der Waals surface area contributed by atoms with E-state index in [9.17, 15) is 0 Å². The third-order valence-corrected chi connectivity index (χ3v) is 19.3. The molecule has 4 heterocycles. The number of nitrogens with zero attached hydrogens (tertiary/aromatic N) is 6. The number of rotatable bonds is 7. The van der Waals surface area contributed by atoms with Gasteiger partial charge in [0.25, 0.3) is 0 Å². The number of fused-ring (bicyclic) bond motifs is 15. The van der Waals surface area contributed by atoms with Crippen molar-refractivity contribution in [3.05, 3.63) is 289 Å². The number of hydrogen-bond donors (Lipinski definition) is 0.